The molecule has 0 spiro atoms. The van der Waals surface area contributed by atoms with Crippen molar-refractivity contribution in [2.75, 3.05) is 0 Å². The Morgan fingerprint density at radius 1 is 1.00 bits per heavy atom. The molecular weight excluding hydrogens is 530 g/mol. The summed E-state index contributed by atoms with van der Waals surface area (Å²) in [4.78, 5) is 4.61. The van der Waals surface area contributed by atoms with Crippen LogP contribution in [0.2, 0.25) is 0 Å². The fourth-order valence-corrected chi connectivity index (χ4v) is 9.28. The van der Waals surface area contributed by atoms with E-state index in [0.717, 1.165) is 5.52 Å². The molecule has 5 rings (SSSR count). The number of benzene rings is 2. The summed E-state index contributed by atoms with van der Waals surface area (Å²) in [6.07, 6.45) is 12.4. The Bertz CT molecular complexity index is 1030. The van der Waals surface area contributed by atoms with Crippen LogP contribution >= 0.6 is 0 Å². The summed E-state index contributed by atoms with van der Waals surface area (Å²) < 4.78 is 4.60. The van der Waals surface area contributed by atoms with Crippen molar-refractivity contribution in [1.82, 2.24) is 9.55 Å². The van der Waals surface area contributed by atoms with Gasteiger partial charge in [0.05, 0.1) is 0 Å². The number of imidazole rings is 1. The number of allylic oxidation sites excluding steroid dienone is 5. The summed E-state index contributed by atoms with van der Waals surface area (Å²) in [6, 6.07) is 17.3. The van der Waals surface area contributed by atoms with Gasteiger partial charge >= 0.3 is 153 Å². The van der Waals surface area contributed by atoms with Crippen LogP contribution in [-0.4, -0.2) is 9.55 Å². The minimum Gasteiger partial charge on any atom is -1.00 e. The maximum absolute atomic E-state index is 4.61. The number of para-hydroxylation sites is 2. The van der Waals surface area contributed by atoms with Crippen LogP contribution in [0.4, 0.5) is 0 Å². The SMILES string of the molecule is C1=CC[C]([Hf+2][CH]2C(n3cnc4ccccc43)=Cc3ccccc32)=C1.[Cl-].[Cl-]. The molecule has 1 unspecified atom stereocenters. The number of hydrogen-bond donors (Lipinski definition) is 0. The number of hydrogen-bond acceptors (Lipinski definition) is 1. The third-order valence-corrected chi connectivity index (χ3v) is 10.6. The number of halogens is 2. The van der Waals surface area contributed by atoms with Crippen LogP contribution in [0.15, 0.2) is 76.4 Å². The quantitative estimate of drug-likeness (QED) is 0.387. The van der Waals surface area contributed by atoms with Gasteiger partial charge in [-0.3, -0.25) is 0 Å². The Morgan fingerprint density at radius 2 is 1.81 bits per heavy atom. The molecule has 5 heteroatoms. The fraction of sp³-hybridized carbons (Fsp3) is 0.0952. The van der Waals surface area contributed by atoms with Crippen LogP contribution in [-0.2, 0) is 22.9 Å². The van der Waals surface area contributed by atoms with Crippen LogP contribution < -0.4 is 24.8 Å². The van der Waals surface area contributed by atoms with E-state index in [0.29, 0.717) is 3.67 Å². The molecule has 2 nitrogen and oxygen atoms in total. The zero-order chi connectivity index (χ0) is 15.9. The van der Waals surface area contributed by atoms with Crippen LogP contribution in [0.25, 0.3) is 22.8 Å². The molecular formula is C21H16Cl2HfN2. The molecule has 2 aliphatic carbocycles. The van der Waals surface area contributed by atoms with Crippen molar-refractivity contribution in [3.05, 3.63) is 87.5 Å². The third-order valence-electron chi connectivity index (χ3n) is 4.74. The monoisotopic (exact) mass is 546 g/mol. The Kier molecular flexibility index (Phi) is 6.01. The normalized spacial score (nSPS) is 17.0. The second-order valence-electron chi connectivity index (χ2n) is 6.20. The van der Waals surface area contributed by atoms with Crippen molar-refractivity contribution < 1.29 is 47.7 Å². The molecule has 1 atom stereocenters. The maximum Gasteiger partial charge on any atom is -1.00 e. The molecule has 0 N–H and O–H groups in total. The average molecular weight is 546 g/mol. The smallest absolute Gasteiger partial charge is 1.00 e. The van der Waals surface area contributed by atoms with Crippen molar-refractivity contribution in [3.63, 3.8) is 0 Å². The van der Waals surface area contributed by atoms with Gasteiger partial charge in [0.2, 0.25) is 0 Å². The maximum atomic E-state index is 4.61. The molecule has 0 aliphatic heterocycles. The summed E-state index contributed by atoms with van der Waals surface area (Å²) in [7, 11) is 0. The van der Waals surface area contributed by atoms with Gasteiger partial charge in [0.1, 0.15) is 0 Å². The predicted molar refractivity (Wildman–Crippen MR) is 94.9 cm³/mol. The molecule has 1 heterocycles. The molecule has 0 radical (unpaired) electrons. The molecule has 1 aromatic heterocycles. The van der Waals surface area contributed by atoms with E-state index in [4.69, 9.17) is 0 Å². The molecule has 0 saturated heterocycles. The molecule has 3 aromatic rings. The van der Waals surface area contributed by atoms with Crippen molar-refractivity contribution in [3.8, 4) is 0 Å². The van der Waals surface area contributed by atoms with Crippen LogP contribution in [0, 0.1) is 0 Å². The number of rotatable bonds is 3. The van der Waals surface area contributed by atoms with Gasteiger partial charge in [0.25, 0.3) is 0 Å². The first kappa shape index (κ1) is 19.3. The number of fused-ring (bicyclic) bond motifs is 2. The van der Waals surface area contributed by atoms with Gasteiger partial charge in [-0.05, 0) is 0 Å². The molecule has 26 heavy (non-hydrogen) atoms. The average Bonchev–Trinajstić information content (AvgIpc) is 3.34. The van der Waals surface area contributed by atoms with Crippen LogP contribution in [0.1, 0.15) is 21.2 Å². The third kappa shape index (κ3) is 3.28. The van der Waals surface area contributed by atoms with E-state index < -0.39 is 22.9 Å². The van der Waals surface area contributed by atoms with Crippen LogP contribution in [0.5, 0.6) is 0 Å². The van der Waals surface area contributed by atoms with Gasteiger partial charge in [0, 0.05) is 0 Å². The van der Waals surface area contributed by atoms with Gasteiger partial charge in [-0.1, -0.05) is 0 Å². The predicted octanol–water partition coefficient (Wildman–Crippen LogP) is -0.977. The largest absolute Gasteiger partial charge is 1.00 e. The summed E-state index contributed by atoms with van der Waals surface area (Å²) in [5.74, 6) is 0. The molecule has 2 aromatic carbocycles. The first-order chi connectivity index (χ1) is 11.9. The zero-order valence-corrected chi connectivity index (χ0v) is 19.0. The second kappa shape index (κ2) is 8.08. The van der Waals surface area contributed by atoms with E-state index in [9.17, 15) is 0 Å². The van der Waals surface area contributed by atoms with E-state index in [1.165, 1.54) is 28.8 Å². The second-order valence-corrected chi connectivity index (χ2v) is 11.6. The Hall–Kier alpha value is -1.42. The van der Waals surface area contributed by atoms with Gasteiger partial charge < -0.3 is 24.8 Å². The molecule has 2 aliphatic rings. The summed E-state index contributed by atoms with van der Waals surface area (Å²) >= 11 is -0.987. The van der Waals surface area contributed by atoms with Crippen molar-refractivity contribution in [2.24, 2.45) is 0 Å². The van der Waals surface area contributed by atoms with Crippen molar-refractivity contribution in [1.29, 1.82) is 0 Å². The first-order valence-corrected chi connectivity index (χ1v) is 12.1. The van der Waals surface area contributed by atoms with E-state index in [-0.39, 0.29) is 24.8 Å². The minimum absolute atomic E-state index is 0. The van der Waals surface area contributed by atoms with Gasteiger partial charge in [-0.2, -0.15) is 0 Å². The minimum atomic E-state index is -0.987. The van der Waals surface area contributed by atoms with E-state index in [1.807, 2.05) is 6.33 Å². The molecule has 0 bridgehead atoms. The van der Waals surface area contributed by atoms with Crippen molar-refractivity contribution in [2.45, 2.75) is 10.1 Å². The zero-order valence-electron chi connectivity index (χ0n) is 13.9. The topological polar surface area (TPSA) is 17.8 Å². The van der Waals surface area contributed by atoms with Gasteiger partial charge in [-0.15, -0.1) is 0 Å². The summed E-state index contributed by atoms with van der Waals surface area (Å²) in [6.45, 7) is 0. The first-order valence-electron chi connectivity index (χ1n) is 8.25. The molecule has 0 saturated carbocycles. The molecule has 128 valence electrons. The number of aromatic nitrogens is 2. The Morgan fingerprint density at radius 3 is 2.65 bits per heavy atom. The van der Waals surface area contributed by atoms with E-state index in [1.54, 1.807) is 3.33 Å². The Balaban J connectivity index is 0.000000980. The molecule has 0 fully saturated rings. The Labute approximate surface area is 176 Å². The summed E-state index contributed by atoms with van der Waals surface area (Å²) in [5.41, 5.74) is 6.60. The van der Waals surface area contributed by atoms with E-state index >= 15 is 0 Å². The summed E-state index contributed by atoms with van der Waals surface area (Å²) in [5, 5.41) is 0. The van der Waals surface area contributed by atoms with Crippen LogP contribution in [0.3, 0.4) is 0 Å². The standard InChI is InChI=1S/C16H11N2.C5H5.2ClH.Hf/c1-2-6-13-10-14(9-12(13)5-1)18-11-17-15-7-3-4-8-16(15)18;1-2-4-5-3-1;;;/h1-11H;1-3H,4H2;2*1H;/q;;;;+2/p-2. The van der Waals surface area contributed by atoms with Gasteiger partial charge in [-0.25, -0.2) is 0 Å². The van der Waals surface area contributed by atoms with Crippen molar-refractivity contribution >= 4 is 22.8 Å². The number of nitrogens with zero attached hydrogens (tertiary/aromatic N) is 2. The van der Waals surface area contributed by atoms with Gasteiger partial charge in [0.15, 0.2) is 0 Å². The fourth-order valence-electron chi connectivity index (χ4n) is 3.57. The molecule has 0 amide bonds. The van der Waals surface area contributed by atoms with E-state index in [2.05, 4.69) is 82.4 Å².